The van der Waals surface area contributed by atoms with Gasteiger partial charge in [-0.25, -0.2) is 0 Å². The summed E-state index contributed by atoms with van der Waals surface area (Å²) < 4.78 is 0. The molecule has 3 heteroatoms. The number of alkyl halides is 1. The van der Waals surface area contributed by atoms with Gasteiger partial charge in [-0.2, -0.15) is 5.75 Å². The summed E-state index contributed by atoms with van der Waals surface area (Å²) in [5.41, 5.74) is 0. The van der Waals surface area contributed by atoms with E-state index in [0.717, 1.165) is 17.5 Å². The second kappa shape index (κ2) is 9.70. The van der Waals surface area contributed by atoms with E-state index in [4.69, 9.17) is 0 Å². The van der Waals surface area contributed by atoms with Crippen LogP contribution in [0.4, 0.5) is 0 Å². The number of rotatable bonds is 2. The van der Waals surface area contributed by atoms with Crippen LogP contribution in [0.2, 0.25) is 0 Å². The minimum Gasteiger partial charge on any atom is -0.793 e. The zero-order valence-electron chi connectivity index (χ0n) is 3.22. The van der Waals surface area contributed by atoms with E-state index in [1.165, 1.54) is 0 Å². The molecule has 0 spiro atoms. The van der Waals surface area contributed by atoms with E-state index in [1.54, 1.807) is 0 Å². The quantitative estimate of drug-likeness (QED) is 0.410. The van der Waals surface area contributed by atoms with Gasteiger partial charge in [-0.3, -0.25) is 0 Å². The molecule has 0 aromatic heterocycles. The van der Waals surface area contributed by atoms with E-state index in [1.807, 2.05) is 0 Å². The fourth-order valence-electron chi connectivity index (χ4n) is 0.0546. The van der Waals surface area contributed by atoms with Gasteiger partial charge in [-0.05, 0) is 0 Å². The van der Waals surface area contributed by atoms with Crippen molar-refractivity contribution in [1.82, 2.24) is 0 Å². The van der Waals surface area contributed by atoms with Gasteiger partial charge in [-0.1, -0.05) is 22.4 Å². The maximum atomic E-state index is 4.62. The Labute approximate surface area is 66.3 Å². The molecule has 0 aliphatic carbocycles. The fourth-order valence-corrected chi connectivity index (χ4v) is 0.850. The summed E-state index contributed by atoms with van der Waals surface area (Å²) in [6.07, 6.45) is 1.12. The topological polar surface area (TPSA) is 0 Å². The van der Waals surface area contributed by atoms with E-state index in [0.29, 0.717) is 0 Å². The predicted octanol–water partition coefficient (Wildman–Crippen LogP) is 1.32. The van der Waals surface area contributed by atoms with Crippen LogP contribution in [-0.2, 0) is 33.1 Å². The Morgan fingerprint density at radius 1 is 1.50 bits per heavy atom. The maximum Gasteiger partial charge on any atom is 0.00130 e. The summed E-state index contributed by atoms with van der Waals surface area (Å²) in [4.78, 5) is 0. The first kappa shape index (κ1) is 10.5. The zero-order chi connectivity index (χ0) is 4.12. The van der Waals surface area contributed by atoms with E-state index >= 15 is 0 Å². The van der Waals surface area contributed by atoms with Gasteiger partial charge in [0, 0.05) is 25.8 Å². The molecule has 0 saturated heterocycles. The van der Waals surface area contributed by atoms with E-state index < -0.39 is 0 Å². The van der Waals surface area contributed by atoms with Crippen molar-refractivity contribution in [3.05, 3.63) is 0 Å². The van der Waals surface area contributed by atoms with Crippen LogP contribution in [0.3, 0.4) is 0 Å². The van der Waals surface area contributed by atoms with Crippen LogP contribution in [0, 0.1) is 0 Å². The van der Waals surface area contributed by atoms with Crippen LogP contribution < -0.4 is 0 Å². The maximum absolute atomic E-state index is 4.62. The summed E-state index contributed by atoms with van der Waals surface area (Å²) in [6, 6.07) is 0. The Bertz CT molecular complexity index is 18.3. The van der Waals surface area contributed by atoms with Crippen LogP contribution in [0.1, 0.15) is 6.42 Å². The largest absolute Gasteiger partial charge is 0.793 e. The summed E-state index contributed by atoms with van der Waals surface area (Å²) in [7, 11) is 0. The molecule has 6 heavy (non-hydrogen) atoms. The molecule has 0 aliphatic rings. The SMILES string of the molecule is [Pd].[S-]CCCBr. The number of hydrogen-bond donors (Lipinski definition) is 0. The Morgan fingerprint density at radius 2 is 2.00 bits per heavy atom. The van der Waals surface area contributed by atoms with Gasteiger partial charge in [-0.15, -0.1) is 0 Å². The van der Waals surface area contributed by atoms with Crippen LogP contribution in [0.5, 0.6) is 0 Å². The average molecular weight is 260 g/mol. The zero-order valence-corrected chi connectivity index (χ0v) is 7.18. The van der Waals surface area contributed by atoms with Crippen molar-refractivity contribution in [1.29, 1.82) is 0 Å². The summed E-state index contributed by atoms with van der Waals surface area (Å²) in [6.45, 7) is 0. The molecule has 0 unspecified atom stereocenters. The fraction of sp³-hybridized carbons (Fsp3) is 1.00. The molecule has 0 heterocycles. The molecule has 0 atom stereocenters. The Morgan fingerprint density at radius 3 is 2.00 bits per heavy atom. The van der Waals surface area contributed by atoms with Crippen LogP contribution in [0.25, 0.3) is 0 Å². The average Bonchev–Trinajstić information content (AvgIpc) is 1.41. The van der Waals surface area contributed by atoms with Crippen molar-refractivity contribution in [2.75, 3.05) is 11.1 Å². The Hall–Kier alpha value is 1.49. The van der Waals surface area contributed by atoms with Crippen molar-refractivity contribution in [2.24, 2.45) is 0 Å². The second-order valence-corrected chi connectivity index (χ2v) is 1.95. The number of halogens is 1. The third-order valence-electron chi connectivity index (χ3n) is 0.278. The summed E-state index contributed by atoms with van der Waals surface area (Å²) in [5, 5.41) is 1.05. The third kappa shape index (κ3) is 9.09. The smallest absolute Gasteiger partial charge is 0.00130 e. The molecule has 0 bridgehead atoms. The van der Waals surface area contributed by atoms with Gasteiger partial charge in [0.05, 0.1) is 0 Å². The molecule has 0 rings (SSSR count). The van der Waals surface area contributed by atoms with Gasteiger partial charge >= 0.3 is 0 Å². The number of hydrogen-bond acceptors (Lipinski definition) is 1. The van der Waals surface area contributed by atoms with Gasteiger partial charge in [0.2, 0.25) is 0 Å². The first-order chi connectivity index (χ1) is 2.41. The first-order valence-electron chi connectivity index (χ1n) is 1.56. The van der Waals surface area contributed by atoms with Crippen LogP contribution in [0.15, 0.2) is 0 Å². The van der Waals surface area contributed by atoms with Crippen molar-refractivity contribution in [3.63, 3.8) is 0 Å². The predicted molar refractivity (Wildman–Crippen MR) is 30.6 cm³/mol. The Balaban J connectivity index is 0. The third-order valence-corrected chi connectivity index (χ3v) is 1.13. The first-order valence-corrected chi connectivity index (χ1v) is 3.25. The monoisotopic (exact) mass is 259 g/mol. The molecule has 0 aromatic rings. The molecule has 0 nitrogen and oxygen atoms in total. The van der Waals surface area contributed by atoms with Gasteiger partial charge < -0.3 is 12.6 Å². The van der Waals surface area contributed by atoms with Gasteiger partial charge in [0.15, 0.2) is 0 Å². The van der Waals surface area contributed by atoms with Gasteiger partial charge in [0.1, 0.15) is 0 Å². The molecule has 0 fully saturated rings. The minimum absolute atomic E-state index is 0. The summed E-state index contributed by atoms with van der Waals surface area (Å²) in [5.74, 6) is 0.880. The molecule has 0 aliphatic heterocycles. The van der Waals surface area contributed by atoms with Crippen molar-refractivity contribution in [2.45, 2.75) is 6.42 Å². The standard InChI is InChI=1S/C3H7BrS.Pd/c4-2-1-3-5;/h5H,1-3H2;/p-1. The molecular weight excluding hydrogens is 254 g/mol. The van der Waals surface area contributed by atoms with Crippen LogP contribution in [-0.4, -0.2) is 11.1 Å². The second-order valence-electron chi connectivity index (χ2n) is 0.747. The van der Waals surface area contributed by atoms with Crippen molar-refractivity contribution < 1.29 is 20.4 Å². The minimum atomic E-state index is 0. The molecule has 0 aromatic carbocycles. The van der Waals surface area contributed by atoms with E-state index in [-0.39, 0.29) is 20.4 Å². The Kier molecular flexibility index (Phi) is 16.9. The molecule has 0 radical (unpaired) electrons. The van der Waals surface area contributed by atoms with Crippen LogP contribution >= 0.6 is 15.9 Å². The van der Waals surface area contributed by atoms with E-state index in [9.17, 15) is 0 Å². The molecule has 0 saturated carbocycles. The molecular formula is C3H6BrPdS-. The molecule has 42 valence electrons. The normalized spacial score (nSPS) is 7.00. The molecule has 0 amide bonds. The molecule has 0 N–H and O–H groups in total. The van der Waals surface area contributed by atoms with E-state index in [2.05, 4.69) is 28.6 Å². The summed E-state index contributed by atoms with van der Waals surface area (Å²) >= 11 is 7.86. The van der Waals surface area contributed by atoms with Crippen molar-refractivity contribution >= 4 is 28.6 Å². The van der Waals surface area contributed by atoms with Gasteiger partial charge in [0.25, 0.3) is 0 Å². The van der Waals surface area contributed by atoms with Crippen molar-refractivity contribution in [3.8, 4) is 0 Å².